The van der Waals surface area contributed by atoms with E-state index < -0.39 is 0 Å². The van der Waals surface area contributed by atoms with Crippen LogP contribution in [0.25, 0.3) is 21.7 Å². The molecule has 1 N–H and O–H groups in total. The Kier molecular flexibility index (Phi) is 5.48. The molecule has 0 aliphatic rings. The van der Waals surface area contributed by atoms with Crippen molar-refractivity contribution >= 4 is 28.3 Å². The lowest BCUT2D eigenvalue weighted by molar-refractivity contribution is 0.0939. The summed E-state index contributed by atoms with van der Waals surface area (Å²) in [6.45, 7) is 6.06. The molecule has 3 rings (SSSR count). The molecule has 0 saturated heterocycles. The Balaban J connectivity index is 1.91. The van der Waals surface area contributed by atoms with E-state index in [0.717, 1.165) is 23.4 Å². The van der Waals surface area contributed by atoms with Crippen LogP contribution < -0.4 is 5.32 Å². The maximum Gasteiger partial charge on any atom is 0.259 e. The van der Waals surface area contributed by atoms with Crippen LogP contribution in [0.4, 0.5) is 0 Å². The Bertz CT molecular complexity index is 855. The van der Waals surface area contributed by atoms with Gasteiger partial charge in [-0.1, -0.05) is 37.4 Å². The van der Waals surface area contributed by atoms with Crippen LogP contribution in [0.1, 0.15) is 55.6 Å². The molecule has 0 saturated carbocycles. The second-order valence-electron chi connectivity index (χ2n) is 6.35. The van der Waals surface area contributed by atoms with E-state index in [-0.39, 0.29) is 11.9 Å². The molecular weight excluding hydrogens is 334 g/mol. The predicted octanol–water partition coefficient (Wildman–Crippen LogP) is 4.96. The zero-order valence-electron chi connectivity index (χ0n) is 14.8. The highest BCUT2D eigenvalue weighted by atomic mass is 32.1. The molecule has 5 nitrogen and oxygen atoms in total. The minimum Gasteiger partial charge on any atom is -0.350 e. The van der Waals surface area contributed by atoms with Crippen molar-refractivity contribution < 1.29 is 9.32 Å². The Labute approximate surface area is 151 Å². The predicted molar refractivity (Wildman–Crippen MR) is 101 cm³/mol. The van der Waals surface area contributed by atoms with Gasteiger partial charge in [0.1, 0.15) is 0 Å². The van der Waals surface area contributed by atoms with Crippen LogP contribution in [0.5, 0.6) is 0 Å². The van der Waals surface area contributed by atoms with Crippen LogP contribution in [-0.2, 0) is 0 Å². The summed E-state index contributed by atoms with van der Waals surface area (Å²) in [5, 5.41) is 9.77. The molecule has 1 atom stereocenters. The molecule has 3 heterocycles. The van der Waals surface area contributed by atoms with Gasteiger partial charge in [0.25, 0.3) is 11.6 Å². The van der Waals surface area contributed by atoms with Crippen LogP contribution in [0, 0.1) is 6.92 Å². The Hall–Kier alpha value is -2.21. The fourth-order valence-electron chi connectivity index (χ4n) is 2.90. The van der Waals surface area contributed by atoms with Gasteiger partial charge >= 0.3 is 0 Å². The maximum absolute atomic E-state index is 12.9. The molecular formula is C19H23N3O2S. The minimum atomic E-state index is -0.0968. The van der Waals surface area contributed by atoms with Gasteiger partial charge in [0, 0.05) is 6.04 Å². The molecule has 0 fully saturated rings. The first-order valence-electron chi connectivity index (χ1n) is 8.72. The Morgan fingerprint density at radius 1 is 1.40 bits per heavy atom. The third-order valence-corrected chi connectivity index (χ3v) is 5.15. The molecule has 3 aromatic heterocycles. The van der Waals surface area contributed by atoms with Crippen molar-refractivity contribution in [3.05, 3.63) is 34.8 Å². The van der Waals surface area contributed by atoms with Crippen LogP contribution >= 0.6 is 11.3 Å². The van der Waals surface area contributed by atoms with Crippen molar-refractivity contribution in [2.75, 3.05) is 0 Å². The van der Waals surface area contributed by atoms with Crippen molar-refractivity contribution in [2.24, 2.45) is 0 Å². The van der Waals surface area contributed by atoms with E-state index in [1.165, 1.54) is 12.8 Å². The molecule has 0 aliphatic carbocycles. The second-order valence-corrected chi connectivity index (χ2v) is 7.30. The molecule has 0 radical (unpaired) electrons. The van der Waals surface area contributed by atoms with Crippen molar-refractivity contribution in [3.63, 3.8) is 0 Å². The molecule has 0 bridgehead atoms. The van der Waals surface area contributed by atoms with E-state index in [2.05, 4.69) is 22.4 Å². The van der Waals surface area contributed by atoms with E-state index in [9.17, 15) is 4.79 Å². The number of aromatic nitrogens is 2. The van der Waals surface area contributed by atoms with Gasteiger partial charge < -0.3 is 9.84 Å². The molecule has 25 heavy (non-hydrogen) atoms. The number of thiophene rings is 1. The third kappa shape index (κ3) is 3.90. The summed E-state index contributed by atoms with van der Waals surface area (Å²) in [5.74, 6) is -0.0968. The van der Waals surface area contributed by atoms with Crippen molar-refractivity contribution in [3.8, 4) is 10.6 Å². The highest BCUT2D eigenvalue weighted by Gasteiger charge is 2.20. The van der Waals surface area contributed by atoms with Gasteiger partial charge in [-0.25, -0.2) is 4.98 Å². The van der Waals surface area contributed by atoms with Crippen LogP contribution in [0.15, 0.2) is 28.1 Å². The highest BCUT2D eigenvalue weighted by Crippen LogP contribution is 2.29. The lowest BCUT2D eigenvalue weighted by atomic mass is 10.1. The molecule has 1 amide bonds. The molecule has 0 aliphatic heterocycles. The Morgan fingerprint density at radius 2 is 2.24 bits per heavy atom. The first-order valence-corrected chi connectivity index (χ1v) is 9.60. The van der Waals surface area contributed by atoms with Gasteiger partial charge in [0.15, 0.2) is 0 Å². The summed E-state index contributed by atoms with van der Waals surface area (Å²) in [5.41, 5.74) is 2.41. The quantitative estimate of drug-likeness (QED) is 0.607. The number of hydrogen-bond donors (Lipinski definition) is 1. The number of hydrogen-bond acceptors (Lipinski definition) is 5. The first-order chi connectivity index (χ1) is 12.1. The van der Waals surface area contributed by atoms with Gasteiger partial charge in [-0.15, -0.1) is 11.3 Å². The smallest absolute Gasteiger partial charge is 0.259 e. The number of rotatable bonds is 7. The number of unbranched alkanes of at least 4 members (excludes halogenated alkanes) is 2. The number of nitrogens with zero attached hydrogens (tertiary/aromatic N) is 2. The van der Waals surface area contributed by atoms with E-state index >= 15 is 0 Å². The third-order valence-electron chi connectivity index (χ3n) is 4.25. The average Bonchev–Trinajstić information content (AvgIpc) is 3.24. The SMILES string of the molecule is CCCCC[C@@H](C)NC(=O)c1cc(-c2cccs2)nc2onc(C)c12. The Morgan fingerprint density at radius 3 is 2.96 bits per heavy atom. The number of fused-ring (bicyclic) bond motifs is 1. The first kappa shape index (κ1) is 17.6. The fourth-order valence-corrected chi connectivity index (χ4v) is 3.58. The summed E-state index contributed by atoms with van der Waals surface area (Å²) >= 11 is 1.58. The van der Waals surface area contributed by atoms with Crippen LogP contribution in [-0.4, -0.2) is 22.1 Å². The average molecular weight is 357 g/mol. The number of carbonyl (C=O) groups excluding carboxylic acids is 1. The normalized spacial score (nSPS) is 12.4. The van der Waals surface area contributed by atoms with E-state index in [4.69, 9.17) is 4.52 Å². The van der Waals surface area contributed by atoms with E-state index in [1.54, 1.807) is 11.3 Å². The number of nitrogens with one attached hydrogen (secondary N) is 1. The lowest BCUT2D eigenvalue weighted by Crippen LogP contribution is -2.32. The van der Waals surface area contributed by atoms with E-state index in [1.807, 2.05) is 37.4 Å². The van der Waals surface area contributed by atoms with Gasteiger partial charge in [0.2, 0.25) is 0 Å². The molecule has 132 valence electrons. The summed E-state index contributed by atoms with van der Waals surface area (Å²) in [7, 11) is 0. The van der Waals surface area contributed by atoms with Gasteiger partial charge in [-0.05, 0) is 37.8 Å². The van der Waals surface area contributed by atoms with Gasteiger partial charge in [-0.2, -0.15) is 0 Å². The summed E-state index contributed by atoms with van der Waals surface area (Å²) in [6, 6.07) is 5.92. The minimum absolute atomic E-state index is 0.0968. The molecule has 6 heteroatoms. The standard InChI is InChI=1S/C19H23N3O2S/c1-4-5-6-8-12(2)20-18(23)14-11-15(16-9-7-10-25-16)21-19-17(14)13(3)22-24-19/h7,9-12H,4-6,8H2,1-3H3,(H,20,23)/t12-/m1/s1. The summed E-state index contributed by atoms with van der Waals surface area (Å²) in [4.78, 5) is 18.4. The topological polar surface area (TPSA) is 68.0 Å². The van der Waals surface area contributed by atoms with Crippen molar-refractivity contribution in [1.82, 2.24) is 15.5 Å². The number of amides is 1. The van der Waals surface area contributed by atoms with E-state index in [0.29, 0.717) is 22.4 Å². The molecule has 0 spiro atoms. The van der Waals surface area contributed by atoms with Gasteiger partial charge in [-0.3, -0.25) is 4.79 Å². The molecule has 3 aromatic rings. The highest BCUT2D eigenvalue weighted by molar-refractivity contribution is 7.13. The summed E-state index contributed by atoms with van der Waals surface area (Å²) in [6.07, 6.45) is 4.47. The molecule has 0 unspecified atom stereocenters. The largest absolute Gasteiger partial charge is 0.350 e. The monoisotopic (exact) mass is 357 g/mol. The fraction of sp³-hybridized carbons (Fsp3) is 0.421. The number of pyridine rings is 1. The van der Waals surface area contributed by atoms with Crippen molar-refractivity contribution in [1.29, 1.82) is 0 Å². The molecule has 0 aromatic carbocycles. The zero-order valence-corrected chi connectivity index (χ0v) is 15.7. The summed E-state index contributed by atoms with van der Waals surface area (Å²) < 4.78 is 5.33. The van der Waals surface area contributed by atoms with Crippen LogP contribution in [0.3, 0.4) is 0 Å². The zero-order chi connectivity index (χ0) is 17.8. The maximum atomic E-state index is 12.9. The van der Waals surface area contributed by atoms with Gasteiger partial charge in [0.05, 0.1) is 27.2 Å². The second kappa shape index (κ2) is 7.78. The lowest BCUT2D eigenvalue weighted by Gasteiger charge is -2.14. The number of aryl methyl sites for hydroxylation is 1. The van der Waals surface area contributed by atoms with Crippen LogP contribution in [0.2, 0.25) is 0 Å². The number of carbonyl (C=O) groups is 1. The van der Waals surface area contributed by atoms with Crippen molar-refractivity contribution in [2.45, 2.75) is 52.5 Å².